The van der Waals surface area contributed by atoms with Gasteiger partial charge in [0.15, 0.2) is 0 Å². The fraction of sp³-hybridized carbons (Fsp3) is 0.188. The van der Waals surface area contributed by atoms with Gasteiger partial charge in [0.2, 0.25) is 0 Å². The Kier molecular flexibility index (Phi) is 5.29. The summed E-state index contributed by atoms with van der Waals surface area (Å²) in [4.78, 5) is 4.37. The van der Waals surface area contributed by atoms with Gasteiger partial charge in [0.05, 0.1) is 24.6 Å². The minimum Gasteiger partial charge on any atom is -0.371 e. The van der Waals surface area contributed by atoms with Gasteiger partial charge in [-0.2, -0.15) is 0 Å². The van der Waals surface area contributed by atoms with Crippen LogP contribution in [-0.4, -0.2) is 11.6 Å². The van der Waals surface area contributed by atoms with Crippen LogP contribution >= 0.6 is 0 Å². The van der Waals surface area contributed by atoms with Crippen LogP contribution in [0.2, 0.25) is 0 Å². The van der Waals surface area contributed by atoms with Crippen molar-refractivity contribution in [2.75, 3.05) is 6.61 Å². The number of nitrogens with zero attached hydrogens (tertiary/aromatic N) is 1. The number of rotatable bonds is 6. The van der Waals surface area contributed by atoms with Gasteiger partial charge in [0.25, 0.3) is 0 Å². The molecule has 0 spiro atoms. The number of pyridine rings is 1. The molecule has 0 aliphatic rings. The monoisotopic (exact) mass is 254 g/mol. The highest BCUT2D eigenvalue weighted by molar-refractivity contribution is 5.48. The van der Waals surface area contributed by atoms with Crippen molar-refractivity contribution in [3.8, 4) is 0 Å². The maximum Gasteiger partial charge on any atom is 0.0892 e. The molecule has 0 atom stereocenters. The third-order valence-electron chi connectivity index (χ3n) is 2.65. The predicted molar refractivity (Wildman–Crippen MR) is 77.3 cm³/mol. The molecule has 0 aliphatic heterocycles. The largest absolute Gasteiger partial charge is 0.371 e. The zero-order chi connectivity index (χ0) is 13.3. The lowest BCUT2D eigenvalue weighted by Crippen LogP contribution is -2.03. The van der Waals surface area contributed by atoms with Crippen LogP contribution in [-0.2, 0) is 17.9 Å². The molecule has 0 fully saturated rings. The Bertz CT molecular complexity index is 523. The second-order valence-corrected chi connectivity index (χ2v) is 4.15. The van der Waals surface area contributed by atoms with Crippen LogP contribution in [0.1, 0.15) is 17.0 Å². The second-order valence-electron chi connectivity index (χ2n) is 4.15. The Labute approximate surface area is 113 Å². The minimum atomic E-state index is 0.460. The van der Waals surface area contributed by atoms with Crippen LogP contribution in [0, 0.1) is 0 Å². The van der Waals surface area contributed by atoms with Crippen molar-refractivity contribution >= 4 is 6.08 Å². The van der Waals surface area contributed by atoms with E-state index >= 15 is 0 Å². The number of nitrogens with two attached hydrogens (primary N) is 1. The van der Waals surface area contributed by atoms with E-state index in [1.165, 1.54) is 5.56 Å². The third kappa shape index (κ3) is 4.66. The topological polar surface area (TPSA) is 48.1 Å². The van der Waals surface area contributed by atoms with Gasteiger partial charge in [-0.15, -0.1) is 0 Å². The van der Waals surface area contributed by atoms with Gasteiger partial charge in [0, 0.05) is 6.54 Å². The first kappa shape index (κ1) is 13.5. The van der Waals surface area contributed by atoms with Crippen LogP contribution in [0.4, 0.5) is 0 Å². The molecule has 1 aromatic heterocycles. The Hall–Kier alpha value is -1.97. The molecule has 0 amide bonds. The van der Waals surface area contributed by atoms with Crippen molar-refractivity contribution in [2.24, 2.45) is 5.73 Å². The number of hydrogen-bond acceptors (Lipinski definition) is 3. The molecular formula is C16H18N2O. The number of benzene rings is 1. The summed E-state index contributed by atoms with van der Waals surface area (Å²) in [6.07, 6.45) is 4.05. The van der Waals surface area contributed by atoms with E-state index in [-0.39, 0.29) is 0 Å². The van der Waals surface area contributed by atoms with Crippen molar-refractivity contribution in [3.63, 3.8) is 0 Å². The standard InChI is InChI=1S/C16H18N2O/c17-12-15-9-4-10-16(18-15)13-19-11-5-8-14-6-2-1-3-7-14/h1-10H,11-13,17H2/b8-5+. The first-order valence-corrected chi connectivity index (χ1v) is 6.32. The summed E-state index contributed by atoms with van der Waals surface area (Å²) in [6, 6.07) is 16.0. The van der Waals surface area contributed by atoms with Gasteiger partial charge in [-0.1, -0.05) is 48.6 Å². The maximum absolute atomic E-state index is 5.55. The quantitative estimate of drug-likeness (QED) is 0.806. The fourth-order valence-electron chi connectivity index (χ4n) is 1.70. The maximum atomic E-state index is 5.55. The van der Waals surface area contributed by atoms with E-state index in [2.05, 4.69) is 17.1 Å². The summed E-state index contributed by atoms with van der Waals surface area (Å²) >= 11 is 0. The lowest BCUT2D eigenvalue weighted by atomic mass is 10.2. The highest BCUT2D eigenvalue weighted by atomic mass is 16.5. The highest BCUT2D eigenvalue weighted by Crippen LogP contribution is 2.03. The predicted octanol–water partition coefficient (Wildman–Crippen LogP) is 2.77. The molecule has 0 radical (unpaired) electrons. The molecule has 0 aliphatic carbocycles. The summed E-state index contributed by atoms with van der Waals surface area (Å²) in [7, 11) is 0. The van der Waals surface area contributed by atoms with Crippen LogP contribution in [0.25, 0.3) is 6.08 Å². The summed E-state index contributed by atoms with van der Waals surface area (Å²) in [5.41, 5.74) is 8.52. The first-order chi connectivity index (χ1) is 9.38. The van der Waals surface area contributed by atoms with Crippen molar-refractivity contribution in [2.45, 2.75) is 13.2 Å². The SMILES string of the molecule is NCc1cccc(COC/C=C/c2ccccc2)n1. The van der Waals surface area contributed by atoms with Crippen molar-refractivity contribution in [1.82, 2.24) is 4.98 Å². The molecule has 0 saturated heterocycles. The Balaban J connectivity index is 1.76. The smallest absolute Gasteiger partial charge is 0.0892 e. The van der Waals surface area contributed by atoms with E-state index in [1.807, 2.05) is 48.6 Å². The number of ether oxygens (including phenoxy) is 1. The molecule has 1 aromatic carbocycles. The Morgan fingerprint density at radius 3 is 2.58 bits per heavy atom. The average molecular weight is 254 g/mol. The average Bonchev–Trinajstić information content (AvgIpc) is 2.48. The molecule has 2 N–H and O–H groups in total. The van der Waals surface area contributed by atoms with Gasteiger partial charge in [-0.25, -0.2) is 0 Å². The Morgan fingerprint density at radius 1 is 1.00 bits per heavy atom. The lowest BCUT2D eigenvalue weighted by molar-refractivity contribution is 0.146. The Morgan fingerprint density at radius 2 is 1.79 bits per heavy atom. The molecule has 0 unspecified atom stereocenters. The highest BCUT2D eigenvalue weighted by Gasteiger charge is 1.95. The van der Waals surface area contributed by atoms with E-state index in [0.717, 1.165) is 11.4 Å². The third-order valence-corrected chi connectivity index (χ3v) is 2.65. The molecule has 0 saturated carbocycles. The van der Waals surface area contributed by atoms with Gasteiger partial charge in [-0.3, -0.25) is 4.98 Å². The van der Waals surface area contributed by atoms with Gasteiger partial charge in [0.1, 0.15) is 0 Å². The van der Waals surface area contributed by atoms with Crippen molar-refractivity contribution in [3.05, 3.63) is 71.6 Å². The molecule has 19 heavy (non-hydrogen) atoms. The summed E-state index contributed by atoms with van der Waals surface area (Å²) in [6.45, 7) is 1.54. The first-order valence-electron chi connectivity index (χ1n) is 6.32. The summed E-state index contributed by atoms with van der Waals surface area (Å²) in [5, 5.41) is 0. The van der Waals surface area contributed by atoms with Gasteiger partial charge < -0.3 is 10.5 Å². The molecule has 2 aromatic rings. The van der Waals surface area contributed by atoms with E-state index in [1.54, 1.807) is 0 Å². The minimum absolute atomic E-state index is 0.460. The molecule has 0 bridgehead atoms. The van der Waals surface area contributed by atoms with E-state index in [0.29, 0.717) is 19.8 Å². The number of aromatic nitrogens is 1. The molecule has 98 valence electrons. The van der Waals surface area contributed by atoms with E-state index in [4.69, 9.17) is 10.5 Å². The molecular weight excluding hydrogens is 236 g/mol. The molecule has 1 heterocycles. The fourth-order valence-corrected chi connectivity index (χ4v) is 1.70. The van der Waals surface area contributed by atoms with Crippen LogP contribution in [0.15, 0.2) is 54.6 Å². The molecule has 3 heteroatoms. The zero-order valence-corrected chi connectivity index (χ0v) is 10.8. The van der Waals surface area contributed by atoms with Crippen LogP contribution in [0.5, 0.6) is 0 Å². The normalized spacial score (nSPS) is 11.0. The van der Waals surface area contributed by atoms with Crippen molar-refractivity contribution < 1.29 is 4.74 Å². The van der Waals surface area contributed by atoms with Crippen LogP contribution < -0.4 is 5.73 Å². The van der Waals surface area contributed by atoms with E-state index < -0.39 is 0 Å². The summed E-state index contributed by atoms with van der Waals surface area (Å²) in [5.74, 6) is 0. The van der Waals surface area contributed by atoms with Crippen molar-refractivity contribution in [1.29, 1.82) is 0 Å². The summed E-state index contributed by atoms with van der Waals surface area (Å²) < 4.78 is 5.55. The lowest BCUT2D eigenvalue weighted by Gasteiger charge is -2.03. The van der Waals surface area contributed by atoms with E-state index in [9.17, 15) is 0 Å². The molecule has 2 rings (SSSR count). The molecule has 3 nitrogen and oxygen atoms in total. The van der Waals surface area contributed by atoms with Gasteiger partial charge >= 0.3 is 0 Å². The van der Waals surface area contributed by atoms with Crippen LogP contribution in [0.3, 0.4) is 0 Å². The zero-order valence-electron chi connectivity index (χ0n) is 10.8. The number of hydrogen-bond donors (Lipinski definition) is 1. The second kappa shape index (κ2) is 7.46. The van der Waals surface area contributed by atoms with Gasteiger partial charge in [-0.05, 0) is 17.7 Å².